The number of nitrogens with one attached hydrogen (secondary N) is 1. The fourth-order valence-electron chi connectivity index (χ4n) is 3.02. The van der Waals surface area contributed by atoms with Crippen LogP contribution in [0.4, 0.5) is 0 Å². The summed E-state index contributed by atoms with van der Waals surface area (Å²) in [5.41, 5.74) is 1.73. The molecule has 0 aromatic carbocycles. The van der Waals surface area contributed by atoms with E-state index in [1.807, 2.05) is 12.4 Å². The summed E-state index contributed by atoms with van der Waals surface area (Å²) in [7, 11) is 0. The molecule has 4 heterocycles. The van der Waals surface area contributed by atoms with Crippen LogP contribution in [0.2, 0.25) is 0 Å². The summed E-state index contributed by atoms with van der Waals surface area (Å²) < 4.78 is 7.93. The predicted molar refractivity (Wildman–Crippen MR) is 95.7 cm³/mol. The second kappa shape index (κ2) is 7.75. The topological polar surface area (TPSA) is 93.8 Å². The van der Waals surface area contributed by atoms with Crippen LogP contribution in [-0.4, -0.2) is 59.1 Å². The van der Waals surface area contributed by atoms with Crippen LogP contribution in [0.3, 0.4) is 0 Å². The smallest absolute Gasteiger partial charge is 0.271 e. The molecule has 0 atom stereocenters. The van der Waals surface area contributed by atoms with Gasteiger partial charge in [0.1, 0.15) is 24.2 Å². The Kier molecular flexibility index (Phi) is 5.02. The molecule has 0 aliphatic carbocycles. The van der Waals surface area contributed by atoms with Crippen LogP contribution < -0.4 is 5.32 Å². The summed E-state index contributed by atoms with van der Waals surface area (Å²) >= 11 is 1.49. The lowest BCUT2D eigenvalue weighted by Gasteiger charge is -2.18. The molecule has 4 rings (SSSR count). The normalized spacial score (nSPS) is 14.8. The first kappa shape index (κ1) is 16.9. The summed E-state index contributed by atoms with van der Waals surface area (Å²) in [5, 5.41) is 8.98. The minimum atomic E-state index is -0.146. The van der Waals surface area contributed by atoms with Crippen molar-refractivity contribution in [3.8, 4) is 0 Å². The number of fused-ring (bicyclic) bond motifs is 1. The van der Waals surface area contributed by atoms with Gasteiger partial charge >= 0.3 is 0 Å². The molecule has 0 fully saturated rings. The molecule has 0 spiro atoms. The van der Waals surface area contributed by atoms with Gasteiger partial charge in [0, 0.05) is 56.9 Å². The highest BCUT2D eigenvalue weighted by atomic mass is 32.1. The number of rotatable bonds is 6. The minimum absolute atomic E-state index is 0.146. The van der Waals surface area contributed by atoms with Gasteiger partial charge in [-0.1, -0.05) is 0 Å². The maximum absolute atomic E-state index is 12.3. The minimum Gasteiger partial charge on any atom is -0.349 e. The highest BCUT2D eigenvalue weighted by molar-refractivity contribution is 7.03. The van der Waals surface area contributed by atoms with Gasteiger partial charge in [0.25, 0.3) is 5.91 Å². The standard InChI is InChI=1S/C16H20N8OS/c25-16(18-2-4-24-12-17-11-19-24)14-9-23-6-5-22(3-1-15(23)21-14)8-13-7-20-26-10-13/h7,9-12H,1-6,8H2,(H,18,25). The number of carbonyl (C=O) groups excluding carboxylic acids is 1. The zero-order valence-electron chi connectivity index (χ0n) is 14.3. The number of aromatic nitrogens is 6. The van der Waals surface area contributed by atoms with Gasteiger partial charge in [0.2, 0.25) is 0 Å². The summed E-state index contributed by atoms with van der Waals surface area (Å²) in [6, 6.07) is 0. The molecule has 0 radical (unpaired) electrons. The molecule has 0 bridgehead atoms. The van der Waals surface area contributed by atoms with Crippen molar-refractivity contribution in [2.75, 3.05) is 19.6 Å². The van der Waals surface area contributed by atoms with E-state index < -0.39 is 0 Å². The van der Waals surface area contributed by atoms with E-state index in [2.05, 4.69) is 39.6 Å². The Hall–Kier alpha value is -2.59. The van der Waals surface area contributed by atoms with E-state index in [9.17, 15) is 4.79 Å². The Bertz CT molecular complexity index is 816. The van der Waals surface area contributed by atoms with Crippen LogP contribution in [0.25, 0.3) is 0 Å². The predicted octanol–water partition coefficient (Wildman–Crippen LogP) is 0.419. The van der Waals surface area contributed by atoms with E-state index in [-0.39, 0.29) is 5.91 Å². The number of carbonyl (C=O) groups is 1. The molecule has 1 aliphatic heterocycles. The van der Waals surface area contributed by atoms with Gasteiger partial charge in [0.05, 0.1) is 6.54 Å². The van der Waals surface area contributed by atoms with Gasteiger partial charge in [-0.3, -0.25) is 14.4 Å². The van der Waals surface area contributed by atoms with E-state index >= 15 is 0 Å². The third kappa shape index (κ3) is 3.97. The monoisotopic (exact) mass is 372 g/mol. The fraction of sp³-hybridized carbons (Fsp3) is 0.438. The van der Waals surface area contributed by atoms with Crippen LogP contribution in [0.15, 0.2) is 30.4 Å². The first-order chi connectivity index (χ1) is 12.8. The maximum Gasteiger partial charge on any atom is 0.271 e. The molecule has 0 saturated carbocycles. The van der Waals surface area contributed by atoms with E-state index in [0.29, 0.717) is 18.8 Å². The Balaban J connectivity index is 1.31. The lowest BCUT2D eigenvalue weighted by atomic mass is 10.3. The Morgan fingerprint density at radius 3 is 3.08 bits per heavy atom. The number of nitrogens with zero attached hydrogens (tertiary/aromatic N) is 7. The molecule has 26 heavy (non-hydrogen) atoms. The first-order valence-electron chi connectivity index (χ1n) is 8.55. The molecule has 3 aromatic heterocycles. The fourth-order valence-corrected chi connectivity index (χ4v) is 3.55. The molecule has 3 aromatic rings. The summed E-state index contributed by atoms with van der Waals surface area (Å²) in [5.74, 6) is 0.823. The third-order valence-corrected chi connectivity index (χ3v) is 5.02. The molecule has 1 amide bonds. The molecule has 1 aliphatic rings. The molecular weight excluding hydrogens is 352 g/mol. The Morgan fingerprint density at radius 1 is 1.31 bits per heavy atom. The van der Waals surface area contributed by atoms with Gasteiger partial charge in [-0.25, -0.2) is 14.3 Å². The van der Waals surface area contributed by atoms with E-state index in [4.69, 9.17) is 0 Å². The van der Waals surface area contributed by atoms with Crippen molar-refractivity contribution < 1.29 is 4.79 Å². The van der Waals surface area contributed by atoms with Gasteiger partial charge in [-0.05, 0) is 17.1 Å². The van der Waals surface area contributed by atoms with Crippen molar-refractivity contribution in [1.82, 2.24) is 38.9 Å². The van der Waals surface area contributed by atoms with Crippen molar-refractivity contribution in [2.45, 2.75) is 26.1 Å². The SMILES string of the molecule is O=C(NCCn1cncn1)c1cn2c(n1)CCN(Cc1cnsc1)CC2. The summed E-state index contributed by atoms with van der Waals surface area (Å²) in [6.45, 7) is 4.70. The zero-order chi connectivity index (χ0) is 17.8. The van der Waals surface area contributed by atoms with Crippen molar-refractivity contribution >= 4 is 17.4 Å². The van der Waals surface area contributed by atoms with Gasteiger partial charge in [0.15, 0.2) is 0 Å². The average Bonchev–Trinajstić information content (AvgIpc) is 3.38. The third-order valence-electron chi connectivity index (χ3n) is 4.38. The molecule has 1 N–H and O–H groups in total. The largest absolute Gasteiger partial charge is 0.349 e. The van der Waals surface area contributed by atoms with E-state index in [0.717, 1.165) is 38.4 Å². The summed E-state index contributed by atoms with van der Waals surface area (Å²) in [4.78, 5) is 23.1. The van der Waals surface area contributed by atoms with Crippen LogP contribution in [0.5, 0.6) is 0 Å². The average molecular weight is 372 g/mol. The lowest BCUT2D eigenvalue weighted by molar-refractivity contribution is 0.0947. The number of hydrogen-bond donors (Lipinski definition) is 1. The van der Waals surface area contributed by atoms with Gasteiger partial charge in [-0.15, -0.1) is 0 Å². The second-order valence-electron chi connectivity index (χ2n) is 6.21. The number of amides is 1. The van der Waals surface area contributed by atoms with Gasteiger partial charge in [-0.2, -0.15) is 5.10 Å². The molecular formula is C16H20N8OS. The van der Waals surface area contributed by atoms with Crippen molar-refractivity contribution in [2.24, 2.45) is 0 Å². The maximum atomic E-state index is 12.3. The Morgan fingerprint density at radius 2 is 2.27 bits per heavy atom. The highest BCUT2D eigenvalue weighted by Gasteiger charge is 2.19. The molecule has 0 unspecified atom stereocenters. The molecule has 10 heteroatoms. The van der Waals surface area contributed by atoms with Crippen molar-refractivity contribution in [3.63, 3.8) is 0 Å². The van der Waals surface area contributed by atoms with Crippen LogP contribution in [-0.2, 0) is 26.1 Å². The molecule has 0 saturated heterocycles. The van der Waals surface area contributed by atoms with E-state index in [1.165, 1.54) is 23.4 Å². The zero-order valence-corrected chi connectivity index (χ0v) is 15.1. The highest BCUT2D eigenvalue weighted by Crippen LogP contribution is 2.13. The lowest BCUT2D eigenvalue weighted by Crippen LogP contribution is -2.28. The van der Waals surface area contributed by atoms with Crippen LogP contribution in [0, 0.1) is 0 Å². The van der Waals surface area contributed by atoms with Gasteiger partial charge < -0.3 is 9.88 Å². The second-order valence-corrected chi connectivity index (χ2v) is 6.87. The number of imidazole rings is 1. The quantitative estimate of drug-likeness (QED) is 0.674. The Labute approximate surface area is 154 Å². The van der Waals surface area contributed by atoms with Crippen LogP contribution >= 0.6 is 11.5 Å². The first-order valence-corrected chi connectivity index (χ1v) is 9.39. The molecule has 9 nitrogen and oxygen atoms in total. The van der Waals surface area contributed by atoms with E-state index in [1.54, 1.807) is 11.0 Å². The van der Waals surface area contributed by atoms with Crippen LogP contribution in [0.1, 0.15) is 21.9 Å². The van der Waals surface area contributed by atoms with Crippen molar-refractivity contribution in [3.05, 3.63) is 47.5 Å². The van der Waals surface area contributed by atoms with Crippen molar-refractivity contribution in [1.29, 1.82) is 0 Å². The molecule has 136 valence electrons. The number of hydrogen-bond acceptors (Lipinski definition) is 7. The summed E-state index contributed by atoms with van der Waals surface area (Å²) in [6.07, 6.45) is 7.73.